The SMILES string of the molecule is Cl.NCCC1CCCN(S(=O)(=O)N2CCCCCC2)C1. The zero-order chi connectivity index (χ0) is 13.7. The Hall–Kier alpha value is 0.120. The topological polar surface area (TPSA) is 66.6 Å². The van der Waals surface area contributed by atoms with Crippen molar-refractivity contribution in [3.8, 4) is 0 Å². The number of piperidine rings is 1. The molecule has 20 heavy (non-hydrogen) atoms. The summed E-state index contributed by atoms with van der Waals surface area (Å²) in [5.74, 6) is 0.445. The first kappa shape index (κ1) is 18.2. The zero-order valence-electron chi connectivity index (χ0n) is 12.2. The van der Waals surface area contributed by atoms with Crippen LogP contribution in [0.4, 0.5) is 0 Å². The van der Waals surface area contributed by atoms with E-state index in [2.05, 4.69) is 0 Å². The number of hydrogen-bond donors (Lipinski definition) is 1. The van der Waals surface area contributed by atoms with Gasteiger partial charge >= 0.3 is 0 Å². The maximum atomic E-state index is 12.7. The third-order valence-electron chi connectivity index (χ3n) is 4.27. The molecule has 1 unspecified atom stereocenters. The third-order valence-corrected chi connectivity index (χ3v) is 6.28. The standard InChI is InChI=1S/C13H27N3O2S.ClH/c14-8-7-13-6-5-11-16(12-13)19(17,18)15-9-3-1-2-4-10-15;/h13H,1-12,14H2;1H. The van der Waals surface area contributed by atoms with Crippen LogP contribution in [0.25, 0.3) is 0 Å². The van der Waals surface area contributed by atoms with Gasteiger partial charge in [-0.3, -0.25) is 0 Å². The van der Waals surface area contributed by atoms with Gasteiger partial charge in [0.2, 0.25) is 0 Å². The van der Waals surface area contributed by atoms with Crippen LogP contribution < -0.4 is 5.73 Å². The molecule has 0 aromatic carbocycles. The zero-order valence-corrected chi connectivity index (χ0v) is 13.8. The molecule has 2 aliphatic rings. The number of nitrogens with zero attached hydrogens (tertiary/aromatic N) is 2. The number of halogens is 1. The minimum absolute atomic E-state index is 0. The van der Waals surface area contributed by atoms with Gasteiger partial charge in [-0.25, -0.2) is 0 Å². The van der Waals surface area contributed by atoms with Crippen molar-refractivity contribution in [2.24, 2.45) is 11.7 Å². The highest BCUT2D eigenvalue weighted by Gasteiger charge is 2.33. The van der Waals surface area contributed by atoms with Gasteiger partial charge in [-0.15, -0.1) is 12.4 Å². The predicted molar refractivity (Wildman–Crippen MR) is 84.2 cm³/mol. The molecule has 7 heteroatoms. The molecule has 0 aromatic heterocycles. The smallest absolute Gasteiger partial charge is 0.281 e. The minimum atomic E-state index is -3.23. The molecule has 0 bridgehead atoms. The molecule has 0 spiro atoms. The molecule has 0 saturated carbocycles. The Balaban J connectivity index is 0.00000200. The average Bonchev–Trinajstić information content (AvgIpc) is 2.69. The molecule has 0 aromatic rings. The average molecular weight is 326 g/mol. The Kier molecular flexibility index (Phi) is 7.75. The summed E-state index contributed by atoms with van der Waals surface area (Å²) in [4.78, 5) is 0. The predicted octanol–water partition coefficient (Wildman–Crippen LogP) is 1.59. The van der Waals surface area contributed by atoms with Gasteiger partial charge in [-0.2, -0.15) is 17.0 Å². The summed E-state index contributed by atoms with van der Waals surface area (Å²) in [5, 5.41) is 0. The van der Waals surface area contributed by atoms with Gasteiger partial charge < -0.3 is 5.73 Å². The first-order valence-corrected chi connectivity index (χ1v) is 8.99. The third kappa shape index (κ3) is 4.56. The second-order valence-electron chi connectivity index (χ2n) is 5.76. The van der Waals surface area contributed by atoms with Crippen molar-refractivity contribution in [2.45, 2.75) is 44.9 Å². The summed E-state index contributed by atoms with van der Waals surface area (Å²) in [5.41, 5.74) is 5.60. The summed E-state index contributed by atoms with van der Waals surface area (Å²) < 4.78 is 28.7. The van der Waals surface area contributed by atoms with Crippen molar-refractivity contribution in [1.29, 1.82) is 0 Å². The van der Waals surface area contributed by atoms with E-state index in [1.807, 2.05) is 0 Å². The lowest BCUT2D eigenvalue weighted by Crippen LogP contribution is -2.48. The van der Waals surface area contributed by atoms with Gasteiger partial charge in [0.15, 0.2) is 0 Å². The van der Waals surface area contributed by atoms with E-state index in [1.54, 1.807) is 8.61 Å². The van der Waals surface area contributed by atoms with E-state index in [9.17, 15) is 8.42 Å². The molecule has 2 aliphatic heterocycles. The molecule has 2 heterocycles. The molecule has 2 saturated heterocycles. The van der Waals surface area contributed by atoms with Crippen molar-refractivity contribution >= 4 is 22.6 Å². The lowest BCUT2D eigenvalue weighted by atomic mass is 9.96. The summed E-state index contributed by atoms with van der Waals surface area (Å²) >= 11 is 0. The molecule has 5 nitrogen and oxygen atoms in total. The quantitative estimate of drug-likeness (QED) is 0.853. The lowest BCUT2D eigenvalue weighted by molar-refractivity contribution is 0.240. The van der Waals surface area contributed by atoms with Gasteiger partial charge in [0.25, 0.3) is 10.2 Å². The summed E-state index contributed by atoms with van der Waals surface area (Å²) in [6.45, 7) is 3.39. The highest BCUT2D eigenvalue weighted by atomic mass is 35.5. The van der Waals surface area contributed by atoms with Crippen molar-refractivity contribution in [1.82, 2.24) is 8.61 Å². The van der Waals surface area contributed by atoms with E-state index in [4.69, 9.17) is 5.73 Å². The second kappa shape index (κ2) is 8.54. The highest BCUT2D eigenvalue weighted by Crippen LogP contribution is 2.24. The Morgan fingerprint density at radius 1 is 0.950 bits per heavy atom. The Morgan fingerprint density at radius 2 is 1.55 bits per heavy atom. The summed E-state index contributed by atoms with van der Waals surface area (Å²) in [6, 6.07) is 0. The Morgan fingerprint density at radius 3 is 2.15 bits per heavy atom. The molecular formula is C13H28ClN3O2S. The molecule has 0 amide bonds. The summed E-state index contributed by atoms with van der Waals surface area (Å²) in [7, 11) is -3.23. The normalized spacial score (nSPS) is 26.8. The molecule has 2 N–H and O–H groups in total. The van der Waals surface area contributed by atoms with E-state index in [-0.39, 0.29) is 12.4 Å². The molecular weight excluding hydrogens is 298 g/mol. The van der Waals surface area contributed by atoms with Crippen molar-refractivity contribution in [3.63, 3.8) is 0 Å². The maximum absolute atomic E-state index is 12.7. The van der Waals surface area contributed by atoms with Crippen molar-refractivity contribution in [2.75, 3.05) is 32.7 Å². The van der Waals surface area contributed by atoms with Crippen LogP contribution >= 0.6 is 12.4 Å². The van der Waals surface area contributed by atoms with Crippen LogP contribution in [0.2, 0.25) is 0 Å². The molecule has 2 rings (SSSR count). The van der Waals surface area contributed by atoms with Crippen LogP contribution in [0.5, 0.6) is 0 Å². The van der Waals surface area contributed by atoms with Crippen molar-refractivity contribution in [3.05, 3.63) is 0 Å². The molecule has 0 aliphatic carbocycles. The fourth-order valence-electron chi connectivity index (χ4n) is 3.14. The number of rotatable bonds is 4. The van der Waals surface area contributed by atoms with E-state index in [0.717, 1.165) is 44.9 Å². The number of hydrogen-bond acceptors (Lipinski definition) is 3. The van der Waals surface area contributed by atoms with Gasteiger partial charge in [-0.1, -0.05) is 12.8 Å². The molecule has 2 fully saturated rings. The Bertz CT molecular complexity index is 368. The summed E-state index contributed by atoms with van der Waals surface area (Å²) in [6.07, 6.45) is 7.33. The minimum Gasteiger partial charge on any atom is -0.330 e. The number of nitrogens with two attached hydrogens (primary N) is 1. The fourth-order valence-corrected chi connectivity index (χ4v) is 4.95. The molecule has 1 atom stereocenters. The maximum Gasteiger partial charge on any atom is 0.281 e. The van der Waals surface area contributed by atoms with Gasteiger partial charge in [0.05, 0.1) is 0 Å². The van der Waals surface area contributed by atoms with Gasteiger partial charge in [-0.05, 0) is 44.6 Å². The molecule has 120 valence electrons. The van der Waals surface area contributed by atoms with Crippen LogP contribution in [0.15, 0.2) is 0 Å². The van der Waals surface area contributed by atoms with Crippen molar-refractivity contribution < 1.29 is 8.42 Å². The van der Waals surface area contributed by atoms with Crippen LogP contribution in [0, 0.1) is 5.92 Å². The van der Waals surface area contributed by atoms with E-state index in [0.29, 0.717) is 38.6 Å². The second-order valence-corrected chi connectivity index (χ2v) is 7.69. The largest absolute Gasteiger partial charge is 0.330 e. The van der Waals surface area contributed by atoms with Crippen LogP contribution in [0.1, 0.15) is 44.9 Å². The van der Waals surface area contributed by atoms with E-state index >= 15 is 0 Å². The van der Waals surface area contributed by atoms with Crippen LogP contribution in [-0.4, -0.2) is 49.8 Å². The van der Waals surface area contributed by atoms with Gasteiger partial charge in [0.1, 0.15) is 0 Å². The van der Waals surface area contributed by atoms with Crippen LogP contribution in [-0.2, 0) is 10.2 Å². The van der Waals surface area contributed by atoms with E-state index < -0.39 is 10.2 Å². The first-order valence-electron chi connectivity index (χ1n) is 7.60. The monoisotopic (exact) mass is 325 g/mol. The van der Waals surface area contributed by atoms with Gasteiger partial charge in [0, 0.05) is 26.2 Å². The lowest BCUT2D eigenvalue weighted by Gasteiger charge is -2.35. The first-order chi connectivity index (χ1) is 9.14. The van der Waals surface area contributed by atoms with E-state index in [1.165, 1.54) is 0 Å². The van der Waals surface area contributed by atoms with Crippen LogP contribution in [0.3, 0.4) is 0 Å². The fraction of sp³-hybridized carbons (Fsp3) is 1.00. The molecule has 0 radical (unpaired) electrons. The Labute approximate surface area is 129 Å². The highest BCUT2D eigenvalue weighted by molar-refractivity contribution is 7.86.